The molecule has 2 atom stereocenters. The Balaban J connectivity index is 2.73. The van der Waals surface area contributed by atoms with Crippen molar-refractivity contribution in [2.75, 3.05) is 6.54 Å². The predicted molar refractivity (Wildman–Crippen MR) is 90.3 cm³/mol. The molecule has 0 amide bonds. The molecule has 2 unspecified atom stereocenters. The van der Waals surface area contributed by atoms with Gasteiger partial charge in [-0.3, -0.25) is 0 Å². The molecule has 1 aromatic rings. The molecule has 1 aromatic carbocycles. The van der Waals surface area contributed by atoms with Crippen molar-refractivity contribution in [3.63, 3.8) is 0 Å². The molecule has 0 saturated carbocycles. The van der Waals surface area contributed by atoms with Crippen LogP contribution in [0.15, 0.2) is 24.3 Å². The van der Waals surface area contributed by atoms with E-state index in [1.54, 1.807) is 0 Å². The molecule has 0 fully saturated rings. The van der Waals surface area contributed by atoms with Crippen molar-refractivity contribution in [1.82, 2.24) is 5.32 Å². The van der Waals surface area contributed by atoms with Gasteiger partial charge in [-0.2, -0.15) is 0 Å². The van der Waals surface area contributed by atoms with Gasteiger partial charge in [0.25, 0.3) is 0 Å². The van der Waals surface area contributed by atoms with Crippen LogP contribution in [0.2, 0.25) is 0 Å². The van der Waals surface area contributed by atoms with Gasteiger partial charge in [-0.15, -0.1) is 0 Å². The van der Waals surface area contributed by atoms with Gasteiger partial charge < -0.3 is 5.32 Å². The van der Waals surface area contributed by atoms with Crippen molar-refractivity contribution in [3.8, 4) is 0 Å². The minimum absolute atomic E-state index is 0.517. The Kier molecular flexibility index (Phi) is 7.91. The maximum Gasteiger partial charge on any atom is 0.0320 e. The number of hydrogen-bond donors (Lipinski definition) is 1. The Labute approximate surface area is 126 Å². The summed E-state index contributed by atoms with van der Waals surface area (Å²) in [5.41, 5.74) is 2.92. The summed E-state index contributed by atoms with van der Waals surface area (Å²) in [6.07, 6.45) is 4.93. The number of nitrogens with one attached hydrogen (secondary N) is 1. The smallest absolute Gasteiger partial charge is 0.0320 e. The highest BCUT2D eigenvalue weighted by molar-refractivity contribution is 5.27. The van der Waals surface area contributed by atoms with Crippen molar-refractivity contribution in [1.29, 1.82) is 0 Å². The Morgan fingerprint density at radius 2 is 1.50 bits per heavy atom. The second-order valence-corrected chi connectivity index (χ2v) is 6.45. The van der Waals surface area contributed by atoms with E-state index in [0.717, 1.165) is 12.5 Å². The fourth-order valence-corrected chi connectivity index (χ4v) is 2.50. The van der Waals surface area contributed by atoms with E-state index < -0.39 is 0 Å². The normalized spacial score (nSPS) is 14.5. The molecule has 20 heavy (non-hydrogen) atoms. The molecule has 0 spiro atoms. The maximum atomic E-state index is 3.70. The van der Waals surface area contributed by atoms with E-state index in [4.69, 9.17) is 0 Å². The highest BCUT2D eigenvalue weighted by Crippen LogP contribution is 2.24. The third-order valence-corrected chi connectivity index (χ3v) is 4.19. The summed E-state index contributed by atoms with van der Waals surface area (Å²) in [5.74, 6) is 1.45. The quantitative estimate of drug-likeness (QED) is 0.611. The molecule has 0 heterocycles. The molecular weight excluding hydrogens is 242 g/mol. The monoisotopic (exact) mass is 275 g/mol. The predicted octanol–water partition coefficient (Wildman–Crippen LogP) is 5.68. The van der Waals surface area contributed by atoms with Crippen LogP contribution in [0.3, 0.4) is 0 Å². The number of hydrogen-bond acceptors (Lipinski definition) is 1. The third kappa shape index (κ3) is 5.66. The van der Waals surface area contributed by atoms with E-state index >= 15 is 0 Å². The van der Waals surface area contributed by atoms with Crippen LogP contribution in [0.4, 0.5) is 0 Å². The Morgan fingerprint density at radius 1 is 0.900 bits per heavy atom. The molecule has 0 bridgehead atoms. The first kappa shape index (κ1) is 17.2. The highest BCUT2D eigenvalue weighted by atomic mass is 14.9. The van der Waals surface area contributed by atoms with Gasteiger partial charge in [0.15, 0.2) is 0 Å². The second-order valence-electron chi connectivity index (χ2n) is 6.45. The van der Waals surface area contributed by atoms with E-state index in [1.807, 2.05) is 0 Å². The molecule has 0 aliphatic carbocycles. The van der Waals surface area contributed by atoms with E-state index in [1.165, 1.54) is 36.8 Å². The minimum atomic E-state index is 0.517. The molecule has 1 nitrogen and oxygen atoms in total. The van der Waals surface area contributed by atoms with Gasteiger partial charge >= 0.3 is 0 Å². The van der Waals surface area contributed by atoms with Crippen LogP contribution in [0.25, 0.3) is 0 Å². The van der Waals surface area contributed by atoms with Crippen molar-refractivity contribution >= 4 is 0 Å². The summed E-state index contributed by atoms with van der Waals surface area (Å²) < 4.78 is 0. The standard InChI is InChI=1S/C19H33N/c1-6-14-20-19(13-8-15(3)4)18-11-9-17(10-12-18)16(5)7-2/h9-12,15-16,19-20H,6-8,13-14H2,1-5H3. The summed E-state index contributed by atoms with van der Waals surface area (Å²) in [6.45, 7) is 12.5. The van der Waals surface area contributed by atoms with E-state index in [2.05, 4.69) is 64.2 Å². The van der Waals surface area contributed by atoms with E-state index in [-0.39, 0.29) is 0 Å². The zero-order chi connectivity index (χ0) is 15.0. The molecule has 1 rings (SSSR count). The lowest BCUT2D eigenvalue weighted by Crippen LogP contribution is -2.22. The summed E-state index contributed by atoms with van der Waals surface area (Å²) in [7, 11) is 0. The molecule has 0 radical (unpaired) electrons. The maximum absolute atomic E-state index is 3.70. The van der Waals surface area contributed by atoms with Crippen LogP contribution in [-0.2, 0) is 0 Å². The van der Waals surface area contributed by atoms with Crippen LogP contribution in [0.5, 0.6) is 0 Å². The second kappa shape index (κ2) is 9.18. The minimum Gasteiger partial charge on any atom is -0.310 e. The fourth-order valence-electron chi connectivity index (χ4n) is 2.50. The SMILES string of the molecule is CCCNC(CCC(C)C)c1ccc(C(C)CC)cc1. The molecule has 1 heteroatoms. The third-order valence-electron chi connectivity index (χ3n) is 4.19. The first-order chi connectivity index (χ1) is 9.58. The Bertz CT molecular complexity index is 353. The summed E-state index contributed by atoms with van der Waals surface area (Å²) in [5, 5.41) is 3.70. The summed E-state index contributed by atoms with van der Waals surface area (Å²) in [6, 6.07) is 9.81. The van der Waals surface area contributed by atoms with Gasteiger partial charge in [0.2, 0.25) is 0 Å². The van der Waals surface area contributed by atoms with Gasteiger partial charge in [-0.1, -0.05) is 58.9 Å². The molecule has 0 aromatic heterocycles. The highest BCUT2D eigenvalue weighted by Gasteiger charge is 2.12. The molecule has 0 saturated heterocycles. The van der Waals surface area contributed by atoms with Crippen LogP contribution in [-0.4, -0.2) is 6.54 Å². The fraction of sp³-hybridized carbons (Fsp3) is 0.684. The Hall–Kier alpha value is -0.820. The topological polar surface area (TPSA) is 12.0 Å². The van der Waals surface area contributed by atoms with Crippen LogP contribution in [0.1, 0.15) is 83.4 Å². The summed E-state index contributed by atoms with van der Waals surface area (Å²) >= 11 is 0. The first-order valence-corrected chi connectivity index (χ1v) is 8.41. The first-order valence-electron chi connectivity index (χ1n) is 8.41. The van der Waals surface area contributed by atoms with Gasteiger partial charge in [-0.25, -0.2) is 0 Å². The van der Waals surface area contributed by atoms with E-state index in [0.29, 0.717) is 12.0 Å². The molecule has 0 aliphatic rings. The van der Waals surface area contributed by atoms with Gasteiger partial charge in [-0.05, 0) is 55.2 Å². The van der Waals surface area contributed by atoms with Crippen LogP contribution < -0.4 is 5.32 Å². The van der Waals surface area contributed by atoms with Crippen LogP contribution >= 0.6 is 0 Å². The Morgan fingerprint density at radius 3 is 2.00 bits per heavy atom. The van der Waals surface area contributed by atoms with Crippen molar-refractivity contribution in [3.05, 3.63) is 35.4 Å². The van der Waals surface area contributed by atoms with Gasteiger partial charge in [0, 0.05) is 6.04 Å². The van der Waals surface area contributed by atoms with Crippen LogP contribution in [0, 0.1) is 5.92 Å². The zero-order valence-electron chi connectivity index (χ0n) is 14.1. The van der Waals surface area contributed by atoms with E-state index in [9.17, 15) is 0 Å². The number of benzene rings is 1. The molecule has 114 valence electrons. The lowest BCUT2D eigenvalue weighted by atomic mass is 9.93. The molecule has 1 N–H and O–H groups in total. The average Bonchev–Trinajstić information content (AvgIpc) is 2.46. The average molecular weight is 275 g/mol. The lowest BCUT2D eigenvalue weighted by Gasteiger charge is -2.21. The zero-order valence-corrected chi connectivity index (χ0v) is 14.1. The molecule has 0 aliphatic heterocycles. The van der Waals surface area contributed by atoms with Crippen molar-refractivity contribution in [2.24, 2.45) is 5.92 Å². The largest absolute Gasteiger partial charge is 0.310 e. The van der Waals surface area contributed by atoms with Crippen molar-refractivity contribution < 1.29 is 0 Å². The van der Waals surface area contributed by atoms with Gasteiger partial charge in [0.05, 0.1) is 0 Å². The lowest BCUT2D eigenvalue weighted by molar-refractivity contribution is 0.440. The molecular formula is C19H33N. The summed E-state index contributed by atoms with van der Waals surface area (Å²) in [4.78, 5) is 0. The number of rotatable bonds is 9. The van der Waals surface area contributed by atoms with Gasteiger partial charge in [0.1, 0.15) is 0 Å². The van der Waals surface area contributed by atoms with Crippen molar-refractivity contribution in [2.45, 2.75) is 72.3 Å².